The highest BCUT2D eigenvalue weighted by Gasteiger charge is 2.02. The first-order chi connectivity index (χ1) is 5.11. The van der Waals surface area contributed by atoms with Crippen LogP contribution in [0.4, 0.5) is 0 Å². The van der Waals surface area contributed by atoms with Gasteiger partial charge in [0.25, 0.3) is 0 Å². The van der Waals surface area contributed by atoms with Gasteiger partial charge in [-0.05, 0) is 47.1 Å². The molecule has 0 atom stereocenters. The third kappa shape index (κ3) is 2.19. The van der Waals surface area contributed by atoms with Crippen molar-refractivity contribution in [3.8, 4) is 0 Å². The van der Waals surface area contributed by atoms with E-state index in [-0.39, 0.29) is 0 Å². The molecular weight excluding hydrogens is 247 g/mol. The second kappa shape index (κ2) is 3.57. The zero-order chi connectivity index (χ0) is 8.43. The monoisotopic (exact) mass is 260 g/mol. The van der Waals surface area contributed by atoms with Crippen molar-refractivity contribution in [1.29, 1.82) is 0 Å². The van der Waals surface area contributed by atoms with Gasteiger partial charge >= 0.3 is 0 Å². The summed E-state index contributed by atoms with van der Waals surface area (Å²) in [4.78, 5) is 0. The number of benzene rings is 1. The normalized spacial score (nSPS) is 10.6. The SMILES string of the molecule is Cc1ccc(I)c(C(C)C)c1. The highest BCUT2D eigenvalue weighted by atomic mass is 127. The van der Waals surface area contributed by atoms with Crippen LogP contribution in [0.1, 0.15) is 30.9 Å². The molecule has 0 spiro atoms. The topological polar surface area (TPSA) is 0 Å². The van der Waals surface area contributed by atoms with Crippen LogP contribution in [0.25, 0.3) is 0 Å². The Balaban J connectivity index is 3.13. The molecule has 0 nitrogen and oxygen atoms in total. The van der Waals surface area contributed by atoms with Crippen molar-refractivity contribution in [3.63, 3.8) is 0 Å². The first kappa shape index (κ1) is 9.04. The minimum absolute atomic E-state index is 0.641. The predicted octanol–water partition coefficient (Wildman–Crippen LogP) is 3.72. The molecule has 1 rings (SSSR count). The summed E-state index contributed by atoms with van der Waals surface area (Å²) in [5, 5.41) is 0. The maximum absolute atomic E-state index is 2.39. The zero-order valence-electron chi connectivity index (χ0n) is 7.19. The number of rotatable bonds is 1. The molecule has 60 valence electrons. The molecule has 0 saturated carbocycles. The van der Waals surface area contributed by atoms with Gasteiger partial charge in [0, 0.05) is 3.57 Å². The summed E-state index contributed by atoms with van der Waals surface area (Å²) >= 11 is 2.39. The van der Waals surface area contributed by atoms with E-state index in [0.717, 1.165) is 0 Å². The van der Waals surface area contributed by atoms with E-state index in [0.29, 0.717) is 5.92 Å². The van der Waals surface area contributed by atoms with Crippen LogP contribution in [0.3, 0.4) is 0 Å². The molecule has 0 aromatic heterocycles. The lowest BCUT2D eigenvalue weighted by atomic mass is 10.0. The van der Waals surface area contributed by atoms with Gasteiger partial charge in [-0.3, -0.25) is 0 Å². The molecule has 0 radical (unpaired) electrons. The van der Waals surface area contributed by atoms with Crippen LogP contribution < -0.4 is 0 Å². The van der Waals surface area contributed by atoms with Crippen LogP contribution >= 0.6 is 22.6 Å². The lowest BCUT2D eigenvalue weighted by molar-refractivity contribution is 0.858. The quantitative estimate of drug-likeness (QED) is 0.675. The lowest BCUT2D eigenvalue weighted by Gasteiger charge is -2.08. The molecule has 0 heterocycles. The van der Waals surface area contributed by atoms with Crippen LogP contribution in [0.2, 0.25) is 0 Å². The standard InChI is InChI=1S/C10H13I/c1-7(2)9-6-8(3)4-5-10(9)11/h4-7H,1-3H3. The molecule has 0 amide bonds. The fraction of sp³-hybridized carbons (Fsp3) is 0.400. The lowest BCUT2D eigenvalue weighted by Crippen LogP contribution is -1.91. The number of halogens is 1. The molecule has 0 aliphatic carbocycles. The van der Waals surface area contributed by atoms with Gasteiger partial charge < -0.3 is 0 Å². The average Bonchev–Trinajstić information content (AvgIpc) is 1.94. The minimum atomic E-state index is 0.641. The summed E-state index contributed by atoms with van der Waals surface area (Å²) in [5.74, 6) is 0.641. The number of aryl methyl sites for hydroxylation is 1. The molecule has 11 heavy (non-hydrogen) atoms. The number of hydrogen-bond acceptors (Lipinski definition) is 0. The molecular formula is C10H13I. The van der Waals surface area contributed by atoms with Gasteiger partial charge in [0.05, 0.1) is 0 Å². The minimum Gasteiger partial charge on any atom is -0.0586 e. The molecule has 1 aromatic carbocycles. The van der Waals surface area contributed by atoms with Gasteiger partial charge in [0.1, 0.15) is 0 Å². The third-order valence-electron chi connectivity index (χ3n) is 1.77. The fourth-order valence-corrected chi connectivity index (χ4v) is 2.06. The number of hydrogen-bond donors (Lipinski definition) is 0. The summed E-state index contributed by atoms with van der Waals surface area (Å²) in [7, 11) is 0. The maximum Gasteiger partial charge on any atom is 0.0165 e. The Labute approximate surface area is 82.2 Å². The fourth-order valence-electron chi connectivity index (χ4n) is 1.11. The molecule has 1 aromatic rings. The van der Waals surface area contributed by atoms with Gasteiger partial charge in [0.2, 0.25) is 0 Å². The first-order valence-corrected chi connectivity index (χ1v) is 4.95. The molecule has 1 heteroatoms. The Bertz CT molecular complexity index is 251. The van der Waals surface area contributed by atoms with Crippen LogP contribution in [0.15, 0.2) is 18.2 Å². The molecule has 0 fully saturated rings. The summed E-state index contributed by atoms with van der Waals surface area (Å²) in [6.45, 7) is 6.61. The van der Waals surface area contributed by atoms with E-state index in [2.05, 4.69) is 61.6 Å². The van der Waals surface area contributed by atoms with Gasteiger partial charge in [-0.1, -0.05) is 31.5 Å². The largest absolute Gasteiger partial charge is 0.0586 e. The molecule has 0 bridgehead atoms. The molecule has 0 aliphatic heterocycles. The highest BCUT2D eigenvalue weighted by Crippen LogP contribution is 2.21. The zero-order valence-corrected chi connectivity index (χ0v) is 9.34. The van der Waals surface area contributed by atoms with Crippen molar-refractivity contribution in [2.45, 2.75) is 26.7 Å². The van der Waals surface area contributed by atoms with E-state index in [9.17, 15) is 0 Å². The van der Waals surface area contributed by atoms with Crippen LogP contribution in [0.5, 0.6) is 0 Å². The first-order valence-electron chi connectivity index (χ1n) is 3.87. The van der Waals surface area contributed by atoms with Crippen molar-refractivity contribution >= 4 is 22.6 Å². The van der Waals surface area contributed by atoms with Crippen molar-refractivity contribution < 1.29 is 0 Å². The second-order valence-electron chi connectivity index (χ2n) is 3.18. The third-order valence-corrected chi connectivity index (χ3v) is 2.76. The Morgan fingerprint density at radius 3 is 2.36 bits per heavy atom. The van der Waals surface area contributed by atoms with Crippen LogP contribution in [-0.2, 0) is 0 Å². The van der Waals surface area contributed by atoms with Crippen molar-refractivity contribution in [2.24, 2.45) is 0 Å². The molecule has 0 N–H and O–H groups in total. The van der Waals surface area contributed by atoms with Gasteiger partial charge in [-0.25, -0.2) is 0 Å². The van der Waals surface area contributed by atoms with Crippen LogP contribution in [0, 0.1) is 10.5 Å². The smallest absolute Gasteiger partial charge is 0.0165 e. The van der Waals surface area contributed by atoms with Crippen molar-refractivity contribution in [3.05, 3.63) is 32.9 Å². The highest BCUT2D eigenvalue weighted by molar-refractivity contribution is 14.1. The molecule has 0 saturated heterocycles. The average molecular weight is 260 g/mol. The Morgan fingerprint density at radius 1 is 1.27 bits per heavy atom. The van der Waals surface area contributed by atoms with E-state index in [4.69, 9.17) is 0 Å². The Kier molecular flexibility index (Phi) is 2.93. The Morgan fingerprint density at radius 2 is 1.91 bits per heavy atom. The molecule has 0 unspecified atom stereocenters. The van der Waals surface area contributed by atoms with E-state index >= 15 is 0 Å². The van der Waals surface area contributed by atoms with E-state index in [1.165, 1.54) is 14.7 Å². The van der Waals surface area contributed by atoms with Gasteiger partial charge in [0.15, 0.2) is 0 Å². The van der Waals surface area contributed by atoms with E-state index < -0.39 is 0 Å². The molecule has 0 aliphatic rings. The summed E-state index contributed by atoms with van der Waals surface area (Å²) in [5.41, 5.74) is 2.82. The Hall–Kier alpha value is -0.0500. The summed E-state index contributed by atoms with van der Waals surface area (Å²) < 4.78 is 1.38. The van der Waals surface area contributed by atoms with Crippen molar-refractivity contribution in [2.75, 3.05) is 0 Å². The van der Waals surface area contributed by atoms with Gasteiger partial charge in [-0.15, -0.1) is 0 Å². The van der Waals surface area contributed by atoms with Gasteiger partial charge in [-0.2, -0.15) is 0 Å². The maximum atomic E-state index is 2.39. The van der Waals surface area contributed by atoms with Crippen LogP contribution in [-0.4, -0.2) is 0 Å². The van der Waals surface area contributed by atoms with Crippen molar-refractivity contribution in [1.82, 2.24) is 0 Å². The van der Waals surface area contributed by atoms with E-state index in [1.807, 2.05) is 0 Å². The second-order valence-corrected chi connectivity index (χ2v) is 4.34. The predicted molar refractivity (Wildman–Crippen MR) is 58.0 cm³/mol. The summed E-state index contributed by atoms with van der Waals surface area (Å²) in [6.07, 6.45) is 0. The summed E-state index contributed by atoms with van der Waals surface area (Å²) in [6, 6.07) is 6.62. The van der Waals surface area contributed by atoms with E-state index in [1.54, 1.807) is 0 Å².